The van der Waals surface area contributed by atoms with Gasteiger partial charge < -0.3 is 15.7 Å². The lowest BCUT2D eigenvalue weighted by atomic mass is 10.00. The first-order chi connectivity index (χ1) is 7.64. The molecule has 1 fully saturated rings. The third kappa shape index (κ3) is 5.83. The number of likely N-dealkylation sites (tertiary alicyclic amines) is 1. The molecule has 0 aromatic rings. The highest BCUT2D eigenvalue weighted by molar-refractivity contribution is 4.74. The highest BCUT2D eigenvalue weighted by Gasteiger charge is 2.17. The van der Waals surface area contributed by atoms with E-state index in [0.29, 0.717) is 6.54 Å². The SMILES string of the molecule is CC(O)(CN)CCCN1CCCCCCC1. The largest absolute Gasteiger partial charge is 0.389 e. The molecule has 16 heavy (non-hydrogen) atoms. The Hall–Kier alpha value is -0.120. The smallest absolute Gasteiger partial charge is 0.0741 e. The van der Waals surface area contributed by atoms with E-state index in [4.69, 9.17) is 5.73 Å². The first-order valence-electron chi connectivity index (χ1n) is 6.79. The second kappa shape index (κ2) is 7.25. The van der Waals surface area contributed by atoms with E-state index in [1.807, 2.05) is 6.92 Å². The lowest BCUT2D eigenvalue weighted by Gasteiger charge is -2.26. The molecular formula is C13H28N2O. The van der Waals surface area contributed by atoms with E-state index >= 15 is 0 Å². The van der Waals surface area contributed by atoms with Gasteiger partial charge in [0.1, 0.15) is 0 Å². The van der Waals surface area contributed by atoms with Crippen LogP contribution in [0.25, 0.3) is 0 Å². The fourth-order valence-corrected chi connectivity index (χ4v) is 2.32. The third-order valence-corrected chi connectivity index (χ3v) is 3.58. The van der Waals surface area contributed by atoms with Crippen molar-refractivity contribution in [2.75, 3.05) is 26.2 Å². The minimum absolute atomic E-state index is 0.368. The molecule has 0 saturated carbocycles. The average Bonchev–Trinajstić information content (AvgIpc) is 2.21. The summed E-state index contributed by atoms with van der Waals surface area (Å²) >= 11 is 0. The van der Waals surface area contributed by atoms with E-state index in [1.54, 1.807) is 0 Å². The van der Waals surface area contributed by atoms with Gasteiger partial charge in [-0.3, -0.25) is 0 Å². The molecule has 1 aliphatic rings. The lowest BCUT2D eigenvalue weighted by Crippen LogP contribution is -2.36. The molecule has 1 heterocycles. The number of hydrogen-bond acceptors (Lipinski definition) is 3. The Kier molecular flexibility index (Phi) is 6.32. The Morgan fingerprint density at radius 2 is 1.69 bits per heavy atom. The van der Waals surface area contributed by atoms with Crippen LogP contribution < -0.4 is 5.73 Å². The topological polar surface area (TPSA) is 49.5 Å². The fourth-order valence-electron chi connectivity index (χ4n) is 2.32. The van der Waals surface area contributed by atoms with Crippen LogP contribution in [0.1, 0.15) is 51.9 Å². The maximum Gasteiger partial charge on any atom is 0.0741 e. The molecule has 1 saturated heterocycles. The highest BCUT2D eigenvalue weighted by Crippen LogP contribution is 2.14. The number of nitrogens with two attached hydrogens (primary N) is 1. The predicted octanol–water partition coefficient (Wildman–Crippen LogP) is 1.74. The molecular weight excluding hydrogens is 200 g/mol. The molecule has 1 rings (SSSR count). The van der Waals surface area contributed by atoms with Gasteiger partial charge in [-0.05, 0) is 52.2 Å². The maximum absolute atomic E-state index is 9.81. The summed E-state index contributed by atoms with van der Waals surface area (Å²) < 4.78 is 0. The summed E-state index contributed by atoms with van der Waals surface area (Å²) in [4.78, 5) is 2.55. The van der Waals surface area contributed by atoms with Crippen LogP contribution in [0.2, 0.25) is 0 Å². The number of aliphatic hydroxyl groups is 1. The van der Waals surface area contributed by atoms with Crippen molar-refractivity contribution in [3.63, 3.8) is 0 Å². The monoisotopic (exact) mass is 228 g/mol. The molecule has 3 N–H and O–H groups in total. The highest BCUT2D eigenvalue weighted by atomic mass is 16.3. The third-order valence-electron chi connectivity index (χ3n) is 3.58. The number of rotatable bonds is 5. The fraction of sp³-hybridized carbons (Fsp3) is 1.00. The maximum atomic E-state index is 9.81. The van der Waals surface area contributed by atoms with Gasteiger partial charge in [0.05, 0.1) is 5.60 Å². The molecule has 0 radical (unpaired) electrons. The number of hydrogen-bond donors (Lipinski definition) is 2. The Morgan fingerprint density at radius 3 is 2.25 bits per heavy atom. The summed E-state index contributed by atoms with van der Waals surface area (Å²) in [5, 5.41) is 9.81. The van der Waals surface area contributed by atoms with E-state index in [0.717, 1.165) is 19.4 Å². The zero-order valence-corrected chi connectivity index (χ0v) is 10.7. The van der Waals surface area contributed by atoms with Gasteiger partial charge in [-0.15, -0.1) is 0 Å². The molecule has 3 heteroatoms. The molecule has 0 aliphatic carbocycles. The molecule has 1 unspecified atom stereocenters. The van der Waals surface area contributed by atoms with Crippen LogP contribution >= 0.6 is 0 Å². The van der Waals surface area contributed by atoms with Gasteiger partial charge in [0.25, 0.3) is 0 Å². The van der Waals surface area contributed by atoms with Gasteiger partial charge in [0, 0.05) is 6.54 Å². The van der Waals surface area contributed by atoms with Gasteiger partial charge in [0.2, 0.25) is 0 Å². The summed E-state index contributed by atoms with van der Waals surface area (Å²) in [7, 11) is 0. The molecule has 96 valence electrons. The summed E-state index contributed by atoms with van der Waals surface area (Å²) in [5.74, 6) is 0. The van der Waals surface area contributed by atoms with Crippen molar-refractivity contribution in [1.82, 2.24) is 4.90 Å². The number of nitrogens with zero attached hydrogens (tertiary/aromatic N) is 1. The van der Waals surface area contributed by atoms with Crippen molar-refractivity contribution in [2.45, 2.75) is 57.5 Å². The quantitative estimate of drug-likeness (QED) is 0.753. The zero-order chi connectivity index (χ0) is 11.9. The Morgan fingerprint density at radius 1 is 1.12 bits per heavy atom. The van der Waals surface area contributed by atoms with Crippen molar-refractivity contribution in [2.24, 2.45) is 5.73 Å². The van der Waals surface area contributed by atoms with Crippen molar-refractivity contribution in [3.05, 3.63) is 0 Å². The van der Waals surface area contributed by atoms with E-state index in [9.17, 15) is 5.11 Å². The molecule has 0 aromatic carbocycles. The van der Waals surface area contributed by atoms with Crippen molar-refractivity contribution >= 4 is 0 Å². The molecule has 1 aliphatic heterocycles. The second-order valence-corrected chi connectivity index (χ2v) is 5.41. The van der Waals surface area contributed by atoms with Crippen LogP contribution in [0.4, 0.5) is 0 Å². The summed E-state index contributed by atoms with van der Waals surface area (Å²) in [6.07, 6.45) is 8.74. The van der Waals surface area contributed by atoms with E-state index in [2.05, 4.69) is 4.90 Å². The minimum Gasteiger partial charge on any atom is -0.389 e. The van der Waals surface area contributed by atoms with Crippen molar-refractivity contribution < 1.29 is 5.11 Å². The van der Waals surface area contributed by atoms with Gasteiger partial charge in [0.15, 0.2) is 0 Å². The summed E-state index contributed by atoms with van der Waals surface area (Å²) in [6, 6.07) is 0. The van der Waals surface area contributed by atoms with Crippen LogP contribution in [0.3, 0.4) is 0 Å². The standard InChI is InChI=1S/C13H28N2O/c1-13(16,12-14)8-7-11-15-9-5-3-2-4-6-10-15/h16H,2-12,14H2,1H3. The normalized spacial score (nSPS) is 23.4. The molecule has 3 nitrogen and oxygen atoms in total. The molecule has 0 aromatic heterocycles. The molecule has 0 amide bonds. The Labute approximate surface area is 100 Å². The molecule has 0 bridgehead atoms. The summed E-state index contributed by atoms with van der Waals surface area (Å²) in [6.45, 7) is 5.80. The van der Waals surface area contributed by atoms with E-state index in [-0.39, 0.29) is 0 Å². The molecule has 1 atom stereocenters. The minimum atomic E-state index is -0.664. The van der Waals surface area contributed by atoms with Crippen LogP contribution in [0.5, 0.6) is 0 Å². The van der Waals surface area contributed by atoms with Crippen LogP contribution in [-0.4, -0.2) is 41.8 Å². The van der Waals surface area contributed by atoms with Gasteiger partial charge >= 0.3 is 0 Å². The zero-order valence-electron chi connectivity index (χ0n) is 10.7. The van der Waals surface area contributed by atoms with Crippen molar-refractivity contribution in [3.8, 4) is 0 Å². The average molecular weight is 228 g/mol. The molecule has 0 spiro atoms. The van der Waals surface area contributed by atoms with E-state index < -0.39 is 5.60 Å². The van der Waals surface area contributed by atoms with Gasteiger partial charge in [-0.25, -0.2) is 0 Å². The van der Waals surface area contributed by atoms with Crippen LogP contribution in [-0.2, 0) is 0 Å². The Balaban J connectivity index is 2.15. The Bertz CT molecular complexity index is 175. The van der Waals surface area contributed by atoms with Gasteiger partial charge in [-0.1, -0.05) is 19.3 Å². The second-order valence-electron chi connectivity index (χ2n) is 5.41. The lowest BCUT2D eigenvalue weighted by molar-refractivity contribution is 0.0541. The summed E-state index contributed by atoms with van der Waals surface area (Å²) in [5.41, 5.74) is 4.84. The van der Waals surface area contributed by atoms with Crippen molar-refractivity contribution in [1.29, 1.82) is 0 Å². The van der Waals surface area contributed by atoms with Crippen LogP contribution in [0, 0.1) is 0 Å². The predicted molar refractivity (Wildman–Crippen MR) is 68.4 cm³/mol. The van der Waals surface area contributed by atoms with Crippen LogP contribution in [0.15, 0.2) is 0 Å². The first-order valence-corrected chi connectivity index (χ1v) is 6.79. The van der Waals surface area contributed by atoms with E-state index in [1.165, 1.54) is 45.2 Å². The first kappa shape index (κ1) is 13.9. The van der Waals surface area contributed by atoms with Gasteiger partial charge in [-0.2, -0.15) is 0 Å².